The highest BCUT2D eigenvalue weighted by Gasteiger charge is 2.16. The molecular formula is C17H19FIN. The van der Waals surface area contributed by atoms with Gasteiger partial charge in [-0.15, -0.1) is 0 Å². The molecule has 0 amide bonds. The standard InChI is InChI=1S/C17H19FIN/c1-3-9-20-17(13-6-4-5-12(2)10-13)15-8-7-14(18)11-16(15)19/h4-8,10-11,17,20H,3,9H2,1-2H3. The molecule has 1 nitrogen and oxygen atoms in total. The summed E-state index contributed by atoms with van der Waals surface area (Å²) < 4.78 is 14.3. The van der Waals surface area contributed by atoms with Crippen LogP contribution in [0.4, 0.5) is 4.39 Å². The van der Waals surface area contributed by atoms with Gasteiger partial charge in [-0.1, -0.05) is 42.8 Å². The molecule has 2 aromatic rings. The second-order valence-corrected chi connectivity index (χ2v) is 6.13. The Bertz CT molecular complexity index is 583. The lowest BCUT2D eigenvalue weighted by Gasteiger charge is -2.21. The molecule has 0 aromatic heterocycles. The van der Waals surface area contributed by atoms with Crippen molar-refractivity contribution in [1.82, 2.24) is 5.32 Å². The van der Waals surface area contributed by atoms with Crippen molar-refractivity contribution in [1.29, 1.82) is 0 Å². The number of benzene rings is 2. The van der Waals surface area contributed by atoms with Crippen LogP contribution < -0.4 is 5.32 Å². The molecule has 1 atom stereocenters. The molecule has 0 bridgehead atoms. The maximum atomic E-state index is 13.3. The summed E-state index contributed by atoms with van der Waals surface area (Å²) in [6, 6.07) is 13.6. The Morgan fingerprint density at radius 2 is 2.00 bits per heavy atom. The van der Waals surface area contributed by atoms with Crippen molar-refractivity contribution < 1.29 is 4.39 Å². The minimum absolute atomic E-state index is 0.113. The van der Waals surface area contributed by atoms with Gasteiger partial charge in [-0.3, -0.25) is 0 Å². The van der Waals surface area contributed by atoms with Crippen LogP contribution in [-0.2, 0) is 0 Å². The molecule has 1 unspecified atom stereocenters. The molecule has 0 saturated heterocycles. The average Bonchev–Trinajstić information content (AvgIpc) is 2.41. The molecule has 0 saturated carbocycles. The van der Waals surface area contributed by atoms with Crippen molar-refractivity contribution in [3.63, 3.8) is 0 Å². The summed E-state index contributed by atoms with van der Waals surface area (Å²) in [5.74, 6) is -0.184. The van der Waals surface area contributed by atoms with E-state index in [1.54, 1.807) is 6.07 Å². The van der Waals surface area contributed by atoms with Crippen LogP contribution in [-0.4, -0.2) is 6.54 Å². The summed E-state index contributed by atoms with van der Waals surface area (Å²) in [6.45, 7) is 5.18. The minimum atomic E-state index is -0.184. The van der Waals surface area contributed by atoms with Crippen molar-refractivity contribution in [3.05, 3.63) is 68.5 Å². The van der Waals surface area contributed by atoms with E-state index >= 15 is 0 Å². The Hall–Kier alpha value is -0.940. The van der Waals surface area contributed by atoms with Gasteiger partial charge in [0.2, 0.25) is 0 Å². The zero-order valence-corrected chi connectivity index (χ0v) is 13.9. The summed E-state index contributed by atoms with van der Waals surface area (Å²) in [5.41, 5.74) is 3.59. The van der Waals surface area contributed by atoms with Gasteiger partial charge in [0.15, 0.2) is 0 Å². The van der Waals surface area contributed by atoms with Gasteiger partial charge in [0.25, 0.3) is 0 Å². The van der Waals surface area contributed by atoms with Gasteiger partial charge < -0.3 is 5.32 Å². The lowest BCUT2D eigenvalue weighted by atomic mass is 9.97. The molecule has 106 valence electrons. The summed E-state index contributed by atoms with van der Waals surface area (Å²) >= 11 is 2.21. The van der Waals surface area contributed by atoms with E-state index < -0.39 is 0 Å². The van der Waals surface area contributed by atoms with Crippen molar-refractivity contribution in [3.8, 4) is 0 Å². The van der Waals surface area contributed by atoms with Gasteiger partial charge in [0.05, 0.1) is 6.04 Å². The first kappa shape index (κ1) is 15.4. The Morgan fingerprint density at radius 1 is 1.20 bits per heavy atom. The summed E-state index contributed by atoms with van der Waals surface area (Å²) in [7, 11) is 0. The number of hydrogen-bond donors (Lipinski definition) is 1. The van der Waals surface area contributed by atoms with Crippen molar-refractivity contribution in [2.24, 2.45) is 0 Å². The highest BCUT2D eigenvalue weighted by Crippen LogP contribution is 2.27. The molecule has 0 heterocycles. The SMILES string of the molecule is CCCNC(c1cccc(C)c1)c1ccc(F)cc1I. The first-order chi connectivity index (χ1) is 9.61. The van der Waals surface area contributed by atoms with E-state index in [-0.39, 0.29) is 11.9 Å². The zero-order chi connectivity index (χ0) is 14.5. The van der Waals surface area contributed by atoms with E-state index in [0.29, 0.717) is 0 Å². The summed E-state index contributed by atoms with van der Waals surface area (Å²) in [5, 5.41) is 3.56. The molecule has 2 aromatic carbocycles. The topological polar surface area (TPSA) is 12.0 Å². The number of halogens is 2. The van der Waals surface area contributed by atoms with Crippen LogP contribution in [0.25, 0.3) is 0 Å². The van der Waals surface area contributed by atoms with Gasteiger partial charge in [-0.05, 0) is 65.7 Å². The molecule has 0 aliphatic carbocycles. The highest BCUT2D eigenvalue weighted by atomic mass is 127. The summed E-state index contributed by atoms with van der Waals surface area (Å²) in [4.78, 5) is 0. The Kier molecular flexibility index (Phi) is 5.54. The monoisotopic (exact) mass is 383 g/mol. The smallest absolute Gasteiger partial charge is 0.124 e. The second kappa shape index (κ2) is 7.18. The quantitative estimate of drug-likeness (QED) is 0.730. The lowest BCUT2D eigenvalue weighted by molar-refractivity contribution is 0.590. The average molecular weight is 383 g/mol. The normalized spacial score (nSPS) is 12.4. The predicted molar refractivity (Wildman–Crippen MR) is 90.4 cm³/mol. The number of aryl methyl sites for hydroxylation is 1. The molecule has 1 N–H and O–H groups in total. The fraction of sp³-hybridized carbons (Fsp3) is 0.294. The Morgan fingerprint density at radius 3 is 2.65 bits per heavy atom. The fourth-order valence-electron chi connectivity index (χ4n) is 2.28. The van der Waals surface area contributed by atoms with E-state index in [1.165, 1.54) is 17.2 Å². The third-order valence-corrected chi connectivity index (χ3v) is 4.18. The molecular weight excluding hydrogens is 364 g/mol. The van der Waals surface area contributed by atoms with Gasteiger partial charge in [0.1, 0.15) is 5.82 Å². The number of nitrogens with one attached hydrogen (secondary N) is 1. The second-order valence-electron chi connectivity index (χ2n) is 4.97. The van der Waals surface area contributed by atoms with Crippen LogP contribution in [0.2, 0.25) is 0 Å². The number of hydrogen-bond acceptors (Lipinski definition) is 1. The molecule has 0 radical (unpaired) electrons. The minimum Gasteiger partial charge on any atom is -0.306 e. The van der Waals surface area contributed by atoms with Crippen LogP contribution in [0, 0.1) is 16.3 Å². The highest BCUT2D eigenvalue weighted by molar-refractivity contribution is 14.1. The third kappa shape index (κ3) is 3.79. The van der Waals surface area contributed by atoms with E-state index in [4.69, 9.17) is 0 Å². The van der Waals surface area contributed by atoms with Crippen LogP contribution in [0.5, 0.6) is 0 Å². The van der Waals surface area contributed by atoms with E-state index in [9.17, 15) is 4.39 Å². The first-order valence-corrected chi connectivity index (χ1v) is 7.94. The molecule has 20 heavy (non-hydrogen) atoms. The van der Waals surface area contributed by atoms with Crippen molar-refractivity contribution in [2.75, 3.05) is 6.54 Å². The summed E-state index contributed by atoms with van der Waals surface area (Å²) in [6.07, 6.45) is 1.07. The fourth-order valence-corrected chi connectivity index (χ4v) is 3.07. The van der Waals surface area contributed by atoms with Gasteiger partial charge in [-0.2, -0.15) is 0 Å². The predicted octanol–water partition coefficient (Wildman–Crippen LogP) is 4.83. The van der Waals surface area contributed by atoms with Gasteiger partial charge in [-0.25, -0.2) is 4.39 Å². The van der Waals surface area contributed by atoms with Crippen molar-refractivity contribution >= 4 is 22.6 Å². The molecule has 2 rings (SSSR count). The van der Waals surface area contributed by atoms with Crippen molar-refractivity contribution in [2.45, 2.75) is 26.3 Å². The molecule has 0 aliphatic heterocycles. The molecule has 0 fully saturated rings. The van der Waals surface area contributed by atoms with E-state index in [2.05, 4.69) is 66.0 Å². The molecule has 0 spiro atoms. The van der Waals surface area contributed by atoms with Crippen LogP contribution in [0.3, 0.4) is 0 Å². The van der Waals surface area contributed by atoms with Crippen LogP contribution >= 0.6 is 22.6 Å². The van der Waals surface area contributed by atoms with Gasteiger partial charge in [0, 0.05) is 3.57 Å². The Labute approximate surface area is 133 Å². The largest absolute Gasteiger partial charge is 0.306 e. The first-order valence-electron chi connectivity index (χ1n) is 6.86. The maximum absolute atomic E-state index is 13.3. The molecule has 3 heteroatoms. The van der Waals surface area contributed by atoms with Gasteiger partial charge >= 0.3 is 0 Å². The zero-order valence-electron chi connectivity index (χ0n) is 11.8. The Balaban J connectivity index is 2.41. The molecule has 0 aliphatic rings. The number of rotatable bonds is 5. The maximum Gasteiger partial charge on any atom is 0.124 e. The van der Waals surface area contributed by atoms with E-state index in [1.807, 2.05) is 6.07 Å². The lowest BCUT2D eigenvalue weighted by Crippen LogP contribution is -2.24. The van der Waals surface area contributed by atoms with Crippen LogP contribution in [0.1, 0.15) is 36.1 Å². The van der Waals surface area contributed by atoms with Crippen LogP contribution in [0.15, 0.2) is 42.5 Å². The van der Waals surface area contributed by atoms with E-state index in [0.717, 1.165) is 22.1 Å². The third-order valence-electron chi connectivity index (χ3n) is 3.25.